The minimum absolute atomic E-state index is 0.136. The number of carbonyl (C=O) groups excluding carboxylic acids is 1. The molecule has 0 aliphatic carbocycles. The van der Waals surface area contributed by atoms with E-state index in [1.807, 2.05) is 0 Å². The minimum atomic E-state index is -3.06. The predicted octanol–water partition coefficient (Wildman–Crippen LogP) is 1.53. The average Bonchev–Trinajstić information content (AvgIpc) is 2.29. The Kier molecular flexibility index (Phi) is 3.82. The molecule has 0 aromatic heterocycles. The number of nitrogen functional groups attached to an aromatic ring is 1. The molecule has 90 valence electrons. The predicted molar refractivity (Wildman–Crippen MR) is 53.5 cm³/mol. The highest BCUT2D eigenvalue weighted by Crippen LogP contribution is 2.26. The molecule has 0 bridgehead atoms. The van der Waals surface area contributed by atoms with Crippen molar-refractivity contribution in [2.45, 2.75) is 6.61 Å². The van der Waals surface area contributed by atoms with E-state index in [9.17, 15) is 13.6 Å². The first-order chi connectivity index (χ1) is 7.99. The van der Waals surface area contributed by atoms with Crippen LogP contribution < -0.4 is 10.5 Å². The first kappa shape index (κ1) is 12.7. The Bertz CT molecular complexity index is 483. The van der Waals surface area contributed by atoms with E-state index in [1.54, 1.807) is 6.07 Å². The topological polar surface area (TPSA) is 85.3 Å². The Balaban J connectivity index is 3.29. The van der Waals surface area contributed by atoms with Gasteiger partial charge in [0.15, 0.2) is 0 Å². The summed E-state index contributed by atoms with van der Waals surface area (Å²) in [6.07, 6.45) is 0. The van der Waals surface area contributed by atoms with Crippen LogP contribution in [0.2, 0.25) is 0 Å². The van der Waals surface area contributed by atoms with Crippen LogP contribution >= 0.6 is 0 Å². The van der Waals surface area contributed by atoms with Crippen molar-refractivity contribution in [1.29, 1.82) is 5.26 Å². The molecule has 0 unspecified atom stereocenters. The van der Waals surface area contributed by atoms with Crippen molar-refractivity contribution in [2.75, 3.05) is 12.8 Å². The molecule has 0 saturated heterocycles. The van der Waals surface area contributed by atoms with Gasteiger partial charge in [-0.2, -0.15) is 14.0 Å². The number of hydrogen-bond donors (Lipinski definition) is 1. The first-order valence-corrected chi connectivity index (χ1v) is 4.36. The van der Waals surface area contributed by atoms with Gasteiger partial charge in [-0.3, -0.25) is 0 Å². The quantitative estimate of drug-likeness (QED) is 0.641. The van der Waals surface area contributed by atoms with Crippen LogP contribution in [0.5, 0.6) is 5.75 Å². The fourth-order valence-corrected chi connectivity index (χ4v) is 1.17. The number of nitriles is 1. The molecular formula is C10H8F2N2O3. The molecule has 1 aromatic carbocycles. The zero-order valence-electron chi connectivity index (χ0n) is 8.74. The molecule has 1 rings (SSSR count). The van der Waals surface area contributed by atoms with Crippen LogP contribution in [-0.4, -0.2) is 19.7 Å². The lowest BCUT2D eigenvalue weighted by Crippen LogP contribution is -2.09. The number of methoxy groups -OCH3 is 1. The minimum Gasteiger partial charge on any atom is -0.465 e. The Morgan fingerprint density at radius 3 is 2.65 bits per heavy atom. The molecule has 0 amide bonds. The summed E-state index contributed by atoms with van der Waals surface area (Å²) >= 11 is 0. The summed E-state index contributed by atoms with van der Waals surface area (Å²) in [6, 6.07) is 3.69. The highest BCUT2D eigenvalue weighted by Gasteiger charge is 2.17. The van der Waals surface area contributed by atoms with Crippen molar-refractivity contribution in [3.63, 3.8) is 0 Å². The standard InChI is InChI=1S/C10H8F2N2O3/c1-16-9(15)7-3-6(17-10(11)12)2-5(4-13)8(7)14/h2-3,10H,14H2,1H3. The van der Waals surface area contributed by atoms with E-state index in [1.165, 1.54) is 0 Å². The highest BCUT2D eigenvalue weighted by molar-refractivity contribution is 5.96. The SMILES string of the molecule is COC(=O)c1cc(OC(F)F)cc(C#N)c1N. The number of nitrogens with zero attached hydrogens (tertiary/aromatic N) is 1. The fourth-order valence-electron chi connectivity index (χ4n) is 1.17. The lowest BCUT2D eigenvalue weighted by atomic mass is 10.1. The van der Waals surface area contributed by atoms with Crippen molar-refractivity contribution in [3.8, 4) is 11.8 Å². The zero-order chi connectivity index (χ0) is 13.0. The monoisotopic (exact) mass is 242 g/mol. The van der Waals surface area contributed by atoms with Crippen LogP contribution in [0, 0.1) is 11.3 Å². The normalized spacial score (nSPS) is 9.82. The third kappa shape index (κ3) is 2.81. The van der Waals surface area contributed by atoms with Crippen molar-refractivity contribution in [2.24, 2.45) is 0 Å². The lowest BCUT2D eigenvalue weighted by molar-refractivity contribution is -0.0499. The Hall–Kier alpha value is -2.36. The molecular weight excluding hydrogens is 234 g/mol. The number of halogens is 2. The molecule has 0 radical (unpaired) electrons. The van der Waals surface area contributed by atoms with Crippen LogP contribution in [0.4, 0.5) is 14.5 Å². The van der Waals surface area contributed by atoms with E-state index in [0.29, 0.717) is 0 Å². The molecule has 17 heavy (non-hydrogen) atoms. The molecule has 7 heteroatoms. The molecule has 5 nitrogen and oxygen atoms in total. The van der Waals surface area contributed by atoms with Crippen LogP contribution in [0.3, 0.4) is 0 Å². The van der Waals surface area contributed by atoms with Crippen LogP contribution in [-0.2, 0) is 4.74 Å². The molecule has 0 atom stereocenters. The van der Waals surface area contributed by atoms with Gasteiger partial charge >= 0.3 is 12.6 Å². The molecule has 2 N–H and O–H groups in total. The van der Waals surface area contributed by atoms with E-state index in [-0.39, 0.29) is 22.6 Å². The number of nitrogens with two attached hydrogens (primary N) is 1. The molecule has 0 heterocycles. The second kappa shape index (κ2) is 5.12. The summed E-state index contributed by atoms with van der Waals surface area (Å²) in [5.41, 5.74) is 5.04. The van der Waals surface area contributed by atoms with Gasteiger partial charge in [0.05, 0.1) is 23.9 Å². The molecule has 0 aliphatic heterocycles. The molecule has 0 aliphatic rings. The molecule has 0 spiro atoms. The number of benzene rings is 1. The summed E-state index contributed by atoms with van der Waals surface area (Å²) in [5, 5.41) is 8.73. The van der Waals surface area contributed by atoms with Gasteiger partial charge in [0.1, 0.15) is 11.8 Å². The van der Waals surface area contributed by atoms with Gasteiger partial charge in [0, 0.05) is 6.07 Å². The number of alkyl halides is 2. The summed E-state index contributed by atoms with van der Waals surface area (Å²) in [5.74, 6) is -1.16. The fraction of sp³-hybridized carbons (Fsp3) is 0.200. The second-order valence-corrected chi connectivity index (χ2v) is 2.91. The number of rotatable bonds is 3. The molecule has 0 fully saturated rings. The number of ether oxygens (including phenoxy) is 2. The second-order valence-electron chi connectivity index (χ2n) is 2.91. The van der Waals surface area contributed by atoms with Crippen molar-refractivity contribution >= 4 is 11.7 Å². The zero-order valence-corrected chi connectivity index (χ0v) is 8.74. The van der Waals surface area contributed by atoms with Gasteiger partial charge in [0.2, 0.25) is 0 Å². The number of esters is 1. The van der Waals surface area contributed by atoms with E-state index in [2.05, 4.69) is 9.47 Å². The smallest absolute Gasteiger partial charge is 0.387 e. The largest absolute Gasteiger partial charge is 0.465 e. The Labute approximate surface area is 95.3 Å². The average molecular weight is 242 g/mol. The first-order valence-electron chi connectivity index (χ1n) is 4.36. The summed E-state index contributed by atoms with van der Waals surface area (Å²) in [7, 11) is 1.11. The van der Waals surface area contributed by atoms with Crippen LogP contribution in [0.25, 0.3) is 0 Å². The van der Waals surface area contributed by atoms with E-state index < -0.39 is 12.6 Å². The van der Waals surface area contributed by atoms with Crippen LogP contribution in [0.15, 0.2) is 12.1 Å². The summed E-state index contributed by atoms with van der Waals surface area (Å²) < 4.78 is 32.5. The van der Waals surface area contributed by atoms with Gasteiger partial charge in [-0.15, -0.1) is 0 Å². The van der Waals surface area contributed by atoms with Gasteiger partial charge in [0.25, 0.3) is 0 Å². The number of anilines is 1. The lowest BCUT2D eigenvalue weighted by Gasteiger charge is -2.09. The number of hydrogen-bond acceptors (Lipinski definition) is 5. The maximum atomic E-state index is 12.0. The van der Waals surface area contributed by atoms with E-state index in [0.717, 1.165) is 19.2 Å². The van der Waals surface area contributed by atoms with Gasteiger partial charge in [-0.05, 0) is 6.07 Å². The third-order valence-corrected chi connectivity index (χ3v) is 1.90. The molecule has 1 aromatic rings. The third-order valence-electron chi connectivity index (χ3n) is 1.90. The Morgan fingerprint density at radius 2 is 2.18 bits per heavy atom. The van der Waals surface area contributed by atoms with Crippen molar-refractivity contribution < 1.29 is 23.0 Å². The Morgan fingerprint density at radius 1 is 1.53 bits per heavy atom. The maximum absolute atomic E-state index is 12.0. The summed E-state index contributed by atoms with van der Waals surface area (Å²) in [6.45, 7) is -3.06. The van der Waals surface area contributed by atoms with Crippen molar-refractivity contribution in [1.82, 2.24) is 0 Å². The van der Waals surface area contributed by atoms with Crippen LogP contribution in [0.1, 0.15) is 15.9 Å². The van der Waals surface area contributed by atoms with E-state index >= 15 is 0 Å². The van der Waals surface area contributed by atoms with E-state index in [4.69, 9.17) is 11.0 Å². The number of carbonyl (C=O) groups is 1. The molecule has 0 saturated carbocycles. The summed E-state index contributed by atoms with van der Waals surface area (Å²) in [4.78, 5) is 11.3. The van der Waals surface area contributed by atoms with Gasteiger partial charge < -0.3 is 15.2 Å². The van der Waals surface area contributed by atoms with Crippen molar-refractivity contribution in [3.05, 3.63) is 23.3 Å². The highest BCUT2D eigenvalue weighted by atomic mass is 19.3. The van der Waals surface area contributed by atoms with Gasteiger partial charge in [-0.1, -0.05) is 0 Å². The van der Waals surface area contributed by atoms with Gasteiger partial charge in [-0.25, -0.2) is 4.79 Å². The maximum Gasteiger partial charge on any atom is 0.387 e.